The lowest BCUT2D eigenvalue weighted by Gasteiger charge is -2.17. The summed E-state index contributed by atoms with van der Waals surface area (Å²) in [5.74, 6) is -0.521. The first-order chi connectivity index (χ1) is 16.7. The maximum Gasteiger partial charge on any atom is 0.407 e. The molecule has 0 bridgehead atoms. The van der Waals surface area contributed by atoms with E-state index in [9.17, 15) is 14.4 Å². The van der Waals surface area contributed by atoms with Crippen molar-refractivity contribution in [3.05, 3.63) is 70.7 Å². The van der Waals surface area contributed by atoms with Gasteiger partial charge in [-0.25, -0.2) is 14.3 Å². The zero-order valence-corrected chi connectivity index (χ0v) is 20.4. The molecule has 1 aromatic carbocycles. The maximum atomic E-state index is 12.8. The van der Waals surface area contributed by atoms with E-state index in [1.807, 2.05) is 38.3 Å². The number of thiophene rings is 1. The summed E-state index contributed by atoms with van der Waals surface area (Å²) in [7, 11) is 0. The molecule has 4 rings (SSSR count). The van der Waals surface area contributed by atoms with Crippen LogP contribution in [0.5, 0.6) is 0 Å². The number of hydrogen-bond acceptors (Lipinski definition) is 7. The van der Waals surface area contributed by atoms with Crippen LogP contribution in [-0.4, -0.2) is 45.5 Å². The van der Waals surface area contributed by atoms with E-state index in [1.54, 1.807) is 41.0 Å². The van der Waals surface area contributed by atoms with Gasteiger partial charge in [0.1, 0.15) is 6.54 Å². The Morgan fingerprint density at radius 2 is 1.94 bits per heavy atom. The minimum Gasteiger partial charge on any atom is -0.449 e. The molecule has 0 radical (unpaired) electrons. The number of rotatable bonds is 7. The van der Waals surface area contributed by atoms with Crippen LogP contribution in [0.1, 0.15) is 36.0 Å². The van der Waals surface area contributed by atoms with Gasteiger partial charge in [-0.15, -0.1) is 11.3 Å². The third-order valence-electron chi connectivity index (χ3n) is 4.86. The molecule has 0 spiro atoms. The van der Waals surface area contributed by atoms with Crippen molar-refractivity contribution in [1.82, 2.24) is 19.9 Å². The van der Waals surface area contributed by atoms with Crippen molar-refractivity contribution < 1.29 is 19.1 Å². The van der Waals surface area contributed by atoms with E-state index in [2.05, 4.69) is 20.7 Å². The predicted molar refractivity (Wildman–Crippen MR) is 134 cm³/mol. The zero-order chi connectivity index (χ0) is 25.0. The van der Waals surface area contributed by atoms with Gasteiger partial charge in [0, 0.05) is 17.4 Å². The molecule has 4 aromatic rings. The summed E-state index contributed by atoms with van der Waals surface area (Å²) in [5, 5.41) is 11.4. The fourth-order valence-corrected chi connectivity index (χ4v) is 3.94. The molecular weight excluding hydrogens is 466 g/mol. The molecule has 0 aliphatic rings. The number of alkyl carbamates (subject to hydrolysis) is 1. The van der Waals surface area contributed by atoms with Gasteiger partial charge in [-0.1, -0.05) is 39.0 Å². The molecule has 35 heavy (non-hydrogen) atoms. The number of nitrogens with zero attached hydrogens (tertiary/aromatic N) is 3. The highest BCUT2D eigenvalue weighted by Gasteiger charge is 2.19. The molecule has 0 aliphatic carbocycles. The number of carbonyl (C=O) groups excluding carboxylic acids is 3. The van der Waals surface area contributed by atoms with Gasteiger partial charge >= 0.3 is 6.09 Å². The van der Waals surface area contributed by atoms with Gasteiger partial charge in [-0.2, -0.15) is 5.10 Å². The lowest BCUT2D eigenvalue weighted by Crippen LogP contribution is -2.34. The molecule has 0 fully saturated rings. The summed E-state index contributed by atoms with van der Waals surface area (Å²) in [6.45, 7) is 5.86. The third kappa shape index (κ3) is 5.90. The Balaban J connectivity index is 1.47. The Morgan fingerprint density at radius 1 is 1.11 bits per heavy atom. The number of carbonyl (C=O) groups is 3. The van der Waals surface area contributed by atoms with Crippen LogP contribution in [0.3, 0.4) is 0 Å². The Labute approximate surface area is 206 Å². The fourth-order valence-electron chi connectivity index (χ4n) is 3.26. The molecule has 0 saturated carbocycles. The number of benzene rings is 1. The van der Waals surface area contributed by atoms with Crippen LogP contribution in [0.25, 0.3) is 16.9 Å². The molecule has 0 unspecified atom stereocenters. The summed E-state index contributed by atoms with van der Waals surface area (Å²) in [4.78, 5) is 41.9. The number of amides is 2. The number of nitrogens with one attached hydrogen (secondary N) is 2. The molecule has 0 atom stereocenters. The lowest BCUT2D eigenvalue weighted by atomic mass is 9.99. The van der Waals surface area contributed by atoms with Crippen molar-refractivity contribution in [1.29, 1.82) is 0 Å². The second kappa shape index (κ2) is 10.1. The number of ether oxygens (including phenoxy) is 1. The van der Waals surface area contributed by atoms with Crippen molar-refractivity contribution in [2.75, 3.05) is 18.5 Å². The molecular formula is C25H25N5O4S. The first-order valence-corrected chi connectivity index (χ1v) is 11.8. The minimum absolute atomic E-state index is 0.130. The second-order valence-corrected chi connectivity index (χ2v) is 10.00. The predicted octanol–water partition coefficient (Wildman–Crippen LogP) is 4.40. The molecule has 2 N–H and O–H groups in total. The van der Waals surface area contributed by atoms with Crippen LogP contribution < -0.4 is 10.6 Å². The average molecular weight is 492 g/mol. The smallest absolute Gasteiger partial charge is 0.407 e. The van der Waals surface area contributed by atoms with E-state index in [0.717, 1.165) is 5.56 Å². The van der Waals surface area contributed by atoms with Gasteiger partial charge in [0.05, 0.1) is 28.9 Å². The number of hydrogen-bond donors (Lipinski definition) is 2. The standard InChI is InChI=1S/C25H25N5O4S/c1-25(2,3)15-34-24(33)27-14-21(31)29-17-7-4-6-16(12-17)19-9-10-26-23-18(13-28-30(19)23)22(32)20-8-5-11-35-20/h4-13H,14-15H2,1-3H3,(H,27,33)(H,29,31). The van der Waals surface area contributed by atoms with Crippen LogP contribution >= 0.6 is 11.3 Å². The highest BCUT2D eigenvalue weighted by Crippen LogP contribution is 2.25. The molecule has 9 nitrogen and oxygen atoms in total. The third-order valence-corrected chi connectivity index (χ3v) is 5.73. The summed E-state index contributed by atoms with van der Waals surface area (Å²) in [6.07, 6.45) is 2.49. The monoisotopic (exact) mass is 491 g/mol. The average Bonchev–Trinajstić information content (AvgIpc) is 3.51. The highest BCUT2D eigenvalue weighted by atomic mass is 32.1. The van der Waals surface area contributed by atoms with Gasteiger partial charge in [0.25, 0.3) is 0 Å². The largest absolute Gasteiger partial charge is 0.449 e. The molecule has 3 heterocycles. The van der Waals surface area contributed by atoms with Crippen LogP contribution in [-0.2, 0) is 9.53 Å². The Hall–Kier alpha value is -4.05. The normalized spacial score (nSPS) is 11.3. The maximum absolute atomic E-state index is 12.8. The van der Waals surface area contributed by atoms with E-state index >= 15 is 0 Å². The molecule has 0 aliphatic heterocycles. The minimum atomic E-state index is -0.644. The van der Waals surface area contributed by atoms with Gasteiger partial charge in [0.15, 0.2) is 5.65 Å². The van der Waals surface area contributed by atoms with E-state index in [-0.39, 0.29) is 24.3 Å². The van der Waals surface area contributed by atoms with Crippen molar-refractivity contribution in [3.63, 3.8) is 0 Å². The van der Waals surface area contributed by atoms with Crippen molar-refractivity contribution in [3.8, 4) is 11.3 Å². The summed E-state index contributed by atoms with van der Waals surface area (Å²) in [6, 6.07) is 12.6. The highest BCUT2D eigenvalue weighted by molar-refractivity contribution is 7.12. The van der Waals surface area contributed by atoms with E-state index < -0.39 is 12.0 Å². The van der Waals surface area contributed by atoms with Gasteiger partial charge < -0.3 is 15.4 Å². The molecule has 3 aromatic heterocycles. The second-order valence-electron chi connectivity index (χ2n) is 9.05. The number of aromatic nitrogens is 3. The Bertz CT molecular complexity index is 1370. The van der Waals surface area contributed by atoms with Crippen LogP contribution in [0.4, 0.5) is 10.5 Å². The van der Waals surface area contributed by atoms with E-state index in [0.29, 0.717) is 27.5 Å². The van der Waals surface area contributed by atoms with Crippen molar-refractivity contribution >= 4 is 40.5 Å². The van der Waals surface area contributed by atoms with Crippen LogP contribution in [0.15, 0.2) is 60.2 Å². The van der Waals surface area contributed by atoms with E-state index in [1.165, 1.54) is 17.5 Å². The number of anilines is 1. The van der Waals surface area contributed by atoms with Gasteiger partial charge in [0.2, 0.25) is 11.7 Å². The Kier molecular flexibility index (Phi) is 6.92. The van der Waals surface area contributed by atoms with E-state index in [4.69, 9.17) is 4.74 Å². The number of fused-ring (bicyclic) bond motifs is 1. The summed E-state index contributed by atoms with van der Waals surface area (Å²) in [5.41, 5.74) is 2.73. The fraction of sp³-hybridized carbons (Fsp3) is 0.240. The first-order valence-electron chi connectivity index (χ1n) is 10.9. The molecule has 180 valence electrons. The van der Waals surface area contributed by atoms with Crippen LogP contribution in [0.2, 0.25) is 0 Å². The van der Waals surface area contributed by atoms with Gasteiger partial charge in [-0.3, -0.25) is 9.59 Å². The number of ketones is 1. The zero-order valence-electron chi connectivity index (χ0n) is 19.6. The molecule has 0 saturated heterocycles. The molecule has 2 amide bonds. The SMILES string of the molecule is CC(C)(C)COC(=O)NCC(=O)Nc1cccc(-c2ccnc3c(C(=O)c4cccs4)cnn23)c1. The summed E-state index contributed by atoms with van der Waals surface area (Å²) >= 11 is 1.37. The quantitative estimate of drug-likeness (QED) is 0.370. The Morgan fingerprint density at radius 3 is 2.69 bits per heavy atom. The van der Waals surface area contributed by atoms with Crippen molar-refractivity contribution in [2.24, 2.45) is 5.41 Å². The van der Waals surface area contributed by atoms with Crippen LogP contribution in [0, 0.1) is 5.41 Å². The summed E-state index contributed by atoms with van der Waals surface area (Å²) < 4.78 is 6.70. The first kappa shape index (κ1) is 24.1. The van der Waals surface area contributed by atoms with Gasteiger partial charge in [-0.05, 0) is 35.1 Å². The van der Waals surface area contributed by atoms with Crippen molar-refractivity contribution in [2.45, 2.75) is 20.8 Å². The lowest BCUT2D eigenvalue weighted by molar-refractivity contribution is -0.115. The topological polar surface area (TPSA) is 115 Å². The molecule has 10 heteroatoms.